The van der Waals surface area contributed by atoms with Crippen molar-refractivity contribution >= 4 is 51.2 Å². The Kier molecular flexibility index (Phi) is 3.99. The maximum atomic E-state index is 11.7. The molecule has 0 saturated heterocycles. The highest BCUT2D eigenvalue weighted by Gasteiger charge is 2.07. The molecule has 0 radical (unpaired) electrons. The van der Waals surface area contributed by atoms with E-state index in [0.29, 0.717) is 6.54 Å². The van der Waals surface area contributed by atoms with Crippen molar-refractivity contribution in [1.29, 1.82) is 0 Å². The molecule has 1 amide bonds. The van der Waals surface area contributed by atoms with Crippen LogP contribution in [0.2, 0.25) is 0 Å². The molecule has 16 heavy (non-hydrogen) atoms. The summed E-state index contributed by atoms with van der Waals surface area (Å²) < 4.78 is 1.13. The summed E-state index contributed by atoms with van der Waals surface area (Å²) in [6.45, 7) is 2.68. The summed E-state index contributed by atoms with van der Waals surface area (Å²) in [5, 5.41) is 4.80. The van der Waals surface area contributed by atoms with E-state index in [4.69, 9.17) is 0 Å². The summed E-state index contributed by atoms with van der Waals surface area (Å²) in [7, 11) is 0. The van der Waals surface area contributed by atoms with Gasteiger partial charge in [0, 0.05) is 15.1 Å². The van der Waals surface area contributed by atoms with E-state index >= 15 is 0 Å². The van der Waals surface area contributed by atoms with Gasteiger partial charge in [-0.05, 0) is 47.7 Å². The van der Waals surface area contributed by atoms with Crippen LogP contribution in [0.1, 0.15) is 20.1 Å². The van der Waals surface area contributed by atoms with E-state index in [2.05, 4.69) is 47.0 Å². The fraction of sp³-hybridized carbons (Fsp3) is 0.182. The van der Waals surface area contributed by atoms with Gasteiger partial charge < -0.3 is 5.32 Å². The second kappa shape index (κ2) is 5.29. The van der Waals surface area contributed by atoms with Crippen molar-refractivity contribution in [1.82, 2.24) is 5.32 Å². The zero-order chi connectivity index (χ0) is 11.5. The zero-order valence-electron chi connectivity index (χ0n) is 8.62. The molecule has 0 atom stereocenters. The van der Waals surface area contributed by atoms with Gasteiger partial charge in [-0.2, -0.15) is 0 Å². The first kappa shape index (κ1) is 12.1. The molecule has 5 heteroatoms. The molecule has 2 aromatic heterocycles. The lowest BCUT2D eigenvalue weighted by Gasteiger charge is -2.00. The zero-order valence-corrected chi connectivity index (χ0v) is 12.4. The van der Waals surface area contributed by atoms with Gasteiger partial charge in [0.1, 0.15) is 0 Å². The van der Waals surface area contributed by atoms with Crippen LogP contribution >= 0.6 is 45.3 Å². The quantitative estimate of drug-likeness (QED) is 0.829. The molecule has 1 N–H and O–H groups in total. The molecule has 0 fully saturated rings. The van der Waals surface area contributed by atoms with Crippen LogP contribution < -0.4 is 5.32 Å². The van der Waals surface area contributed by atoms with Crippen molar-refractivity contribution in [3.05, 3.63) is 41.8 Å². The average molecular weight is 363 g/mol. The lowest BCUT2D eigenvalue weighted by atomic mass is 10.3. The topological polar surface area (TPSA) is 29.1 Å². The standard InChI is InChI=1S/C11H10INOS2/c1-7-2-3-9(16-7)5-13-11(14)8-4-10(12)15-6-8/h2-4,6H,5H2,1H3,(H,13,14). The van der Waals surface area contributed by atoms with Crippen molar-refractivity contribution in [3.8, 4) is 0 Å². The SMILES string of the molecule is Cc1ccc(CNC(=O)c2csc(I)c2)s1. The Balaban J connectivity index is 1.93. The van der Waals surface area contributed by atoms with E-state index in [1.807, 2.05) is 11.4 Å². The summed E-state index contributed by atoms with van der Waals surface area (Å²) in [6, 6.07) is 6.03. The van der Waals surface area contributed by atoms with E-state index in [9.17, 15) is 4.79 Å². The molecule has 0 saturated carbocycles. The smallest absolute Gasteiger partial charge is 0.252 e. The van der Waals surface area contributed by atoms with Gasteiger partial charge in [0.25, 0.3) is 5.91 Å². The highest BCUT2D eigenvalue weighted by atomic mass is 127. The van der Waals surface area contributed by atoms with Crippen molar-refractivity contribution in [3.63, 3.8) is 0 Å². The maximum Gasteiger partial charge on any atom is 0.252 e. The van der Waals surface area contributed by atoms with Crippen LogP contribution in [0.25, 0.3) is 0 Å². The first-order valence-corrected chi connectivity index (χ1v) is 7.50. The van der Waals surface area contributed by atoms with Crippen LogP contribution in [0.4, 0.5) is 0 Å². The fourth-order valence-electron chi connectivity index (χ4n) is 1.28. The van der Waals surface area contributed by atoms with Crippen LogP contribution in [0, 0.1) is 9.81 Å². The predicted molar refractivity (Wildman–Crippen MR) is 77.3 cm³/mol. The number of carbonyl (C=O) groups is 1. The van der Waals surface area contributed by atoms with Crippen LogP contribution in [-0.2, 0) is 6.54 Å². The second-order valence-corrected chi connectivity index (χ2v) is 7.51. The number of hydrogen-bond donors (Lipinski definition) is 1. The molecule has 0 unspecified atom stereocenters. The largest absolute Gasteiger partial charge is 0.347 e. The molecule has 2 nitrogen and oxygen atoms in total. The van der Waals surface area contributed by atoms with Gasteiger partial charge in [0.2, 0.25) is 0 Å². The monoisotopic (exact) mass is 363 g/mol. The maximum absolute atomic E-state index is 11.7. The van der Waals surface area contributed by atoms with Crippen molar-refractivity contribution in [2.45, 2.75) is 13.5 Å². The Morgan fingerprint density at radius 2 is 2.31 bits per heavy atom. The van der Waals surface area contributed by atoms with E-state index in [1.165, 1.54) is 9.75 Å². The van der Waals surface area contributed by atoms with Gasteiger partial charge in [-0.25, -0.2) is 0 Å². The van der Waals surface area contributed by atoms with Crippen molar-refractivity contribution in [2.24, 2.45) is 0 Å². The summed E-state index contributed by atoms with van der Waals surface area (Å²) in [6.07, 6.45) is 0. The van der Waals surface area contributed by atoms with Crippen LogP contribution in [-0.4, -0.2) is 5.91 Å². The van der Waals surface area contributed by atoms with Gasteiger partial charge >= 0.3 is 0 Å². The lowest BCUT2D eigenvalue weighted by Crippen LogP contribution is -2.21. The van der Waals surface area contributed by atoms with Gasteiger partial charge in [-0.3, -0.25) is 4.79 Å². The Hall–Kier alpha value is -0.400. The fourth-order valence-corrected chi connectivity index (χ4v) is 3.44. The number of nitrogens with one attached hydrogen (secondary N) is 1. The molecular weight excluding hydrogens is 353 g/mol. The normalized spacial score (nSPS) is 10.4. The Bertz CT molecular complexity index is 504. The van der Waals surface area contributed by atoms with Gasteiger partial charge in [-0.15, -0.1) is 22.7 Å². The lowest BCUT2D eigenvalue weighted by molar-refractivity contribution is 0.0951. The van der Waals surface area contributed by atoms with Crippen LogP contribution in [0.15, 0.2) is 23.6 Å². The highest BCUT2D eigenvalue weighted by Crippen LogP contribution is 2.17. The van der Waals surface area contributed by atoms with Gasteiger partial charge in [-0.1, -0.05) is 0 Å². The number of thiophene rings is 2. The van der Waals surface area contributed by atoms with E-state index in [-0.39, 0.29) is 5.91 Å². The molecule has 0 aliphatic carbocycles. The van der Waals surface area contributed by atoms with Crippen LogP contribution in [0.5, 0.6) is 0 Å². The van der Waals surface area contributed by atoms with E-state index in [0.717, 1.165) is 8.45 Å². The number of carbonyl (C=O) groups excluding carboxylic acids is 1. The van der Waals surface area contributed by atoms with Gasteiger partial charge in [0.05, 0.1) is 15.0 Å². The summed E-state index contributed by atoms with van der Waals surface area (Å²) >= 11 is 5.52. The first-order chi connectivity index (χ1) is 7.65. The molecule has 2 aromatic rings. The Morgan fingerprint density at radius 1 is 1.50 bits per heavy atom. The van der Waals surface area contributed by atoms with Crippen LogP contribution in [0.3, 0.4) is 0 Å². The third kappa shape index (κ3) is 3.05. The number of amides is 1. The molecular formula is C11H10INOS2. The predicted octanol–water partition coefficient (Wildman–Crippen LogP) is 3.65. The number of aryl methyl sites for hydroxylation is 1. The third-order valence-corrected chi connectivity index (χ3v) is 4.84. The number of hydrogen-bond acceptors (Lipinski definition) is 3. The summed E-state index contributed by atoms with van der Waals surface area (Å²) in [4.78, 5) is 14.2. The summed E-state index contributed by atoms with van der Waals surface area (Å²) in [5.74, 6) is 0.00483. The Labute approximate surface area is 116 Å². The van der Waals surface area contributed by atoms with E-state index in [1.54, 1.807) is 22.7 Å². The molecule has 0 aromatic carbocycles. The third-order valence-electron chi connectivity index (χ3n) is 2.05. The second-order valence-electron chi connectivity index (χ2n) is 3.33. The molecule has 0 aliphatic heterocycles. The first-order valence-electron chi connectivity index (χ1n) is 4.72. The number of rotatable bonds is 3. The average Bonchev–Trinajstić information content (AvgIpc) is 2.84. The molecule has 0 spiro atoms. The minimum atomic E-state index is 0.00483. The van der Waals surface area contributed by atoms with E-state index < -0.39 is 0 Å². The molecule has 2 rings (SSSR count). The minimum absolute atomic E-state index is 0.00483. The molecule has 84 valence electrons. The van der Waals surface area contributed by atoms with Crippen molar-refractivity contribution in [2.75, 3.05) is 0 Å². The molecule has 0 aliphatic rings. The van der Waals surface area contributed by atoms with Gasteiger partial charge in [0.15, 0.2) is 0 Å². The Morgan fingerprint density at radius 3 is 2.88 bits per heavy atom. The minimum Gasteiger partial charge on any atom is -0.347 e. The molecule has 0 bridgehead atoms. The summed E-state index contributed by atoms with van der Waals surface area (Å²) in [5.41, 5.74) is 0.752. The number of halogens is 1. The molecule has 2 heterocycles. The highest BCUT2D eigenvalue weighted by molar-refractivity contribution is 14.1. The van der Waals surface area contributed by atoms with Crippen molar-refractivity contribution < 1.29 is 4.79 Å².